The van der Waals surface area contributed by atoms with Crippen molar-refractivity contribution in [3.05, 3.63) is 16.1 Å². The molecule has 0 unspecified atom stereocenters. The zero-order chi connectivity index (χ0) is 17.3. The molecule has 3 aliphatic rings. The molecule has 0 spiro atoms. The van der Waals surface area contributed by atoms with Gasteiger partial charge in [0.15, 0.2) is 9.84 Å². The van der Waals surface area contributed by atoms with Gasteiger partial charge in [-0.25, -0.2) is 18.4 Å². The summed E-state index contributed by atoms with van der Waals surface area (Å²) in [5, 5.41) is 0.844. The Morgan fingerprint density at radius 1 is 1.19 bits per heavy atom. The van der Waals surface area contributed by atoms with Crippen LogP contribution in [0.15, 0.2) is 12.5 Å². The van der Waals surface area contributed by atoms with Crippen LogP contribution in [0.2, 0.25) is 0 Å². The maximum Gasteiger partial charge on any atom is 0.156 e. The number of sulfone groups is 1. The van der Waals surface area contributed by atoms with Crippen molar-refractivity contribution in [3.63, 3.8) is 0 Å². The second-order valence-electron chi connectivity index (χ2n) is 7.63. The lowest BCUT2D eigenvalue weighted by atomic mass is 9.79. The molecule has 0 radical (unpaired) electrons. The molecule has 2 aromatic heterocycles. The molecule has 27 heavy (non-hydrogen) atoms. The number of nitrogens with two attached hydrogens (primary N) is 1. The van der Waals surface area contributed by atoms with E-state index in [9.17, 15) is 8.42 Å². The molecule has 0 aromatic carbocycles. The van der Waals surface area contributed by atoms with E-state index in [2.05, 4.69) is 48.2 Å². The molecule has 3 fully saturated rings. The topological polar surface area (TPSA) is 94.1 Å². The molecule has 2 atom stereocenters. The van der Waals surface area contributed by atoms with E-state index in [0.29, 0.717) is 23.5 Å². The van der Waals surface area contributed by atoms with Gasteiger partial charge in [0.05, 0.1) is 16.4 Å². The van der Waals surface area contributed by atoms with E-state index in [1.54, 1.807) is 0 Å². The second-order valence-corrected chi connectivity index (χ2v) is 11.1. The van der Waals surface area contributed by atoms with Crippen LogP contribution in [0.25, 0.3) is 11.0 Å². The Hall–Kier alpha value is -0.240. The first-order chi connectivity index (χ1) is 11.9. The lowest BCUT2D eigenvalue weighted by Crippen LogP contribution is -2.45. The maximum absolute atomic E-state index is 11.9. The second kappa shape index (κ2) is 7.54. The van der Waals surface area contributed by atoms with Gasteiger partial charge in [0.1, 0.15) is 17.8 Å². The van der Waals surface area contributed by atoms with E-state index >= 15 is 0 Å². The fraction of sp³-hybridized carbons (Fsp3) is 0.625. The van der Waals surface area contributed by atoms with Crippen LogP contribution in [0.5, 0.6) is 0 Å². The summed E-state index contributed by atoms with van der Waals surface area (Å²) in [6, 6.07) is 0.712. The summed E-state index contributed by atoms with van der Waals surface area (Å²) in [5.41, 5.74) is 6.92. The molecular weight excluding hydrogens is 517 g/mol. The highest BCUT2D eigenvalue weighted by molar-refractivity contribution is 14.1. The van der Waals surface area contributed by atoms with Crippen LogP contribution in [0.4, 0.5) is 5.82 Å². The van der Waals surface area contributed by atoms with E-state index in [0.717, 1.165) is 47.0 Å². The Morgan fingerprint density at radius 3 is 2.56 bits per heavy atom. The normalized spacial score (nSPS) is 31.3. The lowest BCUT2D eigenvalue weighted by Gasteiger charge is -2.40. The SMILES string of the molecule is Nc1ncnc2c1c(I)cn2C1CC(CN2C[C@@H]3C[C@H]2CS3(=O)=O)C1.S.S. The van der Waals surface area contributed by atoms with Crippen molar-refractivity contribution >= 4 is 76.3 Å². The largest absolute Gasteiger partial charge is 0.383 e. The fourth-order valence-electron chi connectivity index (χ4n) is 4.75. The zero-order valence-corrected chi connectivity index (χ0v) is 19.6. The first-order valence-electron chi connectivity index (χ1n) is 8.64. The maximum atomic E-state index is 11.9. The standard InChI is InChI=1S/C16H20IN5O2S.2H2S/c17-13-6-22(16-14(13)15(18)19-8-20-16)10-1-9(2-10)4-21-5-12-3-11(21)7-25(12,23)24;;/h6,8-12H,1-5,7H2,(H2,18,19,20);2*1H2/t9?,10?,11-,12-;;/m0../s1. The zero-order valence-electron chi connectivity index (χ0n) is 14.7. The predicted molar refractivity (Wildman–Crippen MR) is 125 cm³/mol. The Balaban J connectivity index is 0.00000105. The summed E-state index contributed by atoms with van der Waals surface area (Å²) in [5.74, 6) is 1.55. The molecule has 2 bridgehead atoms. The van der Waals surface area contributed by atoms with Crippen molar-refractivity contribution in [1.82, 2.24) is 19.4 Å². The van der Waals surface area contributed by atoms with Crippen molar-refractivity contribution in [2.75, 3.05) is 24.6 Å². The third-order valence-electron chi connectivity index (χ3n) is 6.11. The van der Waals surface area contributed by atoms with E-state index in [1.165, 1.54) is 6.33 Å². The monoisotopic (exact) mass is 541 g/mol. The van der Waals surface area contributed by atoms with E-state index < -0.39 is 9.84 Å². The van der Waals surface area contributed by atoms with Crippen molar-refractivity contribution in [1.29, 1.82) is 0 Å². The Labute approximate surface area is 186 Å². The number of halogens is 1. The summed E-state index contributed by atoms with van der Waals surface area (Å²) in [4.78, 5) is 10.9. The molecule has 2 N–H and O–H groups in total. The van der Waals surface area contributed by atoms with Gasteiger partial charge in [-0.3, -0.25) is 4.90 Å². The number of aromatic nitrogens is 3. The number of hydrogen-bond donors (Lipinski definition) is 1. The molecule has 1 aliphatic carbocycles. The summed E-state index contributed by atoms with van der Waals surface area (Å²) < 4.78 is 27.1. The van der Waals surface area contributed by atoms with Crippen LogP contribution < -0.4 is 5.73 Å². The molecule has 4 heterocycles. The van der Waals surface area contributed by atoms with Gasteiger partial charge in [0, 0.05) is 34.9 Å². The molecule has 5 rings (SSSR count). The van der Waals surface area contributed by atoms with Gasteiger partial charge in [0.2, 0.25) is 0 Å². The fourth-order valence-corrected chi connectivity index (χ4v) is 7.65. The highest BCUT2D eigenvalue weighted by atomic mass is 127. The molecular formula is C16H24IN5O2S3. The molecule has 1 saturated carbocycles. The summed E-state index contributed by atoms with van der Waals surface area (Å²) in [6.45, 7) is 1.77. The third-order valence-corrected chi connectivity index (χ3v) is 9.14. The minimum Gasteiger partial charge on any atom is -0.383 e. The molecule has 2 saturated heterocycles. The van der Waals surface area contributed by atoms with Crippen LogP contribution in [0, 0.1) is 9.49 Å². The van der Waals surface area contributed by atoms with Gasteiger partial charge >= 0.3 is 0 Å². The number of rotatable bonds is 3. The van der Waals surface area contributed by atoms with E-state index in [4.69, 9.17) is 5.73 Å². The van der Waals surface area contributed by atoms with Crippen LogP contribution in [-0.2, 0) is 9.84 Å². The van der Waals surface area contributed by atoms with Crippen molar-refractivity contribution in [3.8, 4) is 0 Å². The van der Waals surface area contributed by atoms with Crippen molar-refractivity contribution < 1.29 is 8.42 Å². The summed E-state index contributed by atoms with van der Waals surface area (Å²) >= 11 is 2.29. The van der Waals surface area contributed by atoms with E-state index in [1.807, 2.05) is 0 Å². The minimum atomic E-state index is -2.80. The number of likely N-dealkylation sites (tertiary alicyclic amines) is 1. The Kier molecular flexibility index (Phi) is 6.00. The van der Waals surface area contributed by atoms with Gasteiger partial charge in [0.25, 0.3) is 0 Å². The lowest BCUT2D eigenvalue weighted by molar-refractivity contribution is 0.126. The minimum absolute atomic E-state index is 0. The average molecular weight is 542 g/mol. The van der Waals surface area contributed by atoms with Gasteiger partial charge in [-0.05, 0) is 47.8 Å². The Bertz CT molecular complexity index is 960. The summed E-state index contributed by atoms with van der Waals surface area (Å²) in [7, 11) is -2.80. The van der Waals surface area contributed by atoms with E-state index in [-0.39, 0.29) is 38.3 Å². The molecule has 2 aromatic rings. The molecule has 2 aliphatic heterocycles. The molecule has 150 valence electrons. The molecule has 0 amide bonds. The average Bonchev–Trinajstić information content (AvgIpc) is 3.13. The van der Waals surface area contributed by atoms with Gasteiger partial charge in [-0.15, -0.1) is 0 Å². The van der Waals surface area contributed by atoms with Crippen LogP contribution in [0.1, 0.15) is 25.3 Å². The first kappa shape index (κ1) is 21.5. The van der Waals surface area contributed by atoms with Crippen LogP contribution in [0.3, 0.4) is 0 Å². The van der Waals surface area contributed by atoms with Gasteiger partial charge in [-0.2, -0.15) is 27.0 Å². The van der Waals surface area contributed by atoms with Crippen LogP contribution in [-0.4, -0.2) is 58.0 Å². The number of nitrogen functional groups attached to an aromatic ring is 1. The third kappa shape index (κ3) is 3.47. The number of anilines is 1. The Morgan fingerprint density at radius 2 is 1.93 bits per heavy atom. The molecule has 11 heteroatoms. The summed E-state index contributed by atoms with van der Waals surface area (Å²) in [6.07, 6.45) is 6.73. The predicted octanol–water partition coefficient (Wildman–Crippen LogP) is 1.67. The van der Waals surface area contributed by atoms with Crippen molar-refractivity contribution in [2.24, 2.45) is 5.92 Å². The quantitative estimate of drug-likeness (QED) is 0.595. The highest BCUT2D eigenvalue weighted by Gasteiger charge is 2.49. The number of fused-ring (bicyclic) bond motifs is 3. The van der Waals surface area contributed by atoms with Gasteiger partial charge < -0.3 is 10.3 Å². The first-order valence-corrected chi connectivity index (χ1v) is 11.4. The molecule has 7 nitrogen and oxygen atoms in total. The van der Waals surface area contributed by atoms with Crippen molar-refractivity contribution in [2.45, 2.75) is 36.6 Å². The van der Waals surface area contributed by atoms with Gasteiger partial charge in [-0.1, -0.05) is 0 Å². The number of nitrogens with zero attached hydrogens (tertiary/aromatic N) is 4. The number of hydrogen-bond acceptors (Lipinski definition) is 6. The smallest absolute Gasteiger partial charge is 0.156 e. The highest BCUT2D eigenvalue weighted by Crippen LogP contribution is 2.43. The van der Waals surface area contributed by atoms with Crippen LogP contribution >= 0.6 is 49.6 Å².